The van der Waals surface area contributed by atoms with Crippen LogP contribution in [0, 0.1) is 0 Å². The molecule has 2 aliphatic rings. The number of carbonyl (C=O) groups excluding carboxylic acids is 1. The van der Waals surface area contributed by atoms with Gasteiger partial charge in [0.1, 0.15) is 0 Å². The van der Waals surface area contributed by atoms with Crippen molar-refractivity contribution in [2.24, 2.45) is 4.99 Å². The van der Waals surface area contributed by atoms with Crippen LogP contribution in [-0.2, 0) is 4.79 Å². The molecule has 0 fully saturated rings. The molecule has 2 N–H and O–H groups in total. The van der Waals surface area contributed by atoms with Gasteiger partial charge >= 0.3 is 6.18 Å². The highest BCUT2D eigenvalue weighted by Gasteiger charge is 2.54. The second kappa shape index (κ2) is 8.83. The van der Waals surface area contributed by atoms with E-state index in [1.807, 2.05) is 6.92 Å². The lowest BCUT2D eigenvalue weighted by atomic mass is 9.89. The molecule has 0 aromatic heterocycles. The molecule has 3 rings (SSSR count). The summed E-state index contributed by atoms with van der Waals surface area (Å²) in [7, 11) is 0. The first-order chi connectivity index (χ1) is 14.2. The van der Waals surface area contributed by atoms with Crippen LogP contribution in [0.25, 0.3) is 5.57 Å². The van der Waals surface area contributed by atoms with Gasteiger partial charge in [-0.3, -0.25) is 9.79 Å². The van der Waals surface area contributed by atoms with Gasteiger partial charge in [0, 0.05) is 24.1 Å². The highest BCUT2D eigenvalue weighted by molar-refractivity contribution is 6.14. The second-order valence-corrected chi connectivity index (χ2v) is 7.22. The van der Waals surface area contributed by atoms with Gasteiger partial charge in [-0.2, -0.15) is 13.2 Å². The number of aliphatic hydroxyl groups is 1. The zero-order chi connectivity index (χ0) is 21.8. The number of fused-ring (bicyclic) bond motifs is 1. The van der Waals surface area contributed by atoms with E-state index >= 15 is 0 Å². The summed E-state index contributed by atoms with van der Waals surface area (Å²) in [5.41, 5.74) is -0.606. The van der Waals surface area contributed by atoms with Crippen LogP contribution in [0.5, 0.6) is 0 Å². The SMILES string of the molecule is CC/C=C(/CC(O)(C/N=C1\C=CC=C2NC(=O)CC=C21)C(F)(F)F)c1ccccc1. The zero-order valence-electron chi connectivity index (χ0n) is 16.5. The number of benzene rings is 1. The molecule has 7 heteroatoms. The van der Waals surface area contributed by atoms with E-state index in [9.17, 15) is 23.1 Å². The monoisotopic (exact) mass is 416 g/mol. The quantitative estimate of drug-likeness (QED) is 0.717. The van der Waals surface area contributed by atoms with E-state index in [0.717, 1.165) is 0 Å². The molecule has 0 saturated heterocycles. The summed E-state index contributed by atoms with van der Waals surface area (Å²) in [4.78, 5) is 15.6. The lowest BCUT2D eigenvalue weighted by Gasteiger charge is -2.31. The van der Waals surface area contributed by atoms with Crippen LogP contribution < -0.4 is 5.32 Å². The molecule has 1 heterocycles. The fourth-order valence-electron chi connectivity index (χ4n) is 3.38. The van der Waals surface area contributed by atoms with E-state index in [-0.39, 0.29) is 12.3 Å². The summed E-state index contributed by atoms with van der Waals surface area (Å²) in [6.07, 6.45) is 3.36. The van der Waals surface area contributed by atoms with Crippen molar-refractivity contribution >= 4 is 17.2 Å². The molecule has 1 aliphatic carbocycles. The number of allylic oxidation sites excluding steroid dienone is 5. The Morgan fingerprint density at radius 3 is 2.67 bits per heavy atom. The first-order valence-electron chi connectivity index (χ1n) is 9.70. The Morgan fingerprint density at radius 2 is 2.00 bits per heavy atom. The number of nitrogens with zero attached hydrogens (tertiary/aromatic N) is 1. The Kier molecular flexibility index (Phi) is 6.41. The molecule has 1 atom stereocenters. The summed E-state index contributed by atoms with van der Waals surface area (Å²) in [6.45, 7) is 0.989. The molecule has 1 aromatic carbocycles. The van der Waals surface area contributed by atoms with Crippen molar-refractivity contribution in [3.05, 3.63) is 77.5 Å². The average Bonchev–Trinajstić information content (AvgIpc) is 2.71. The lowest BCUT2D eigenvalue weighted by Crippen LogP contribution is -2.48. The van der Waals surface area contributed by atoms with Gasteiger partial charge in [-0.1, -0.05) is 55.5 Å². The van der Waals surface area contributed by atoms with Crippen molar-refractivity contribution in [1.82, 2.24) is 5.32 Å². The first-order valence-corrected chi connectivity index (χ1v) is 9.70. The molecule has 30 heavy (non-hydrogen) atoms. The molecule has 0 bridgehead atoms. The van der Waals surface area contributed by atoms with Crippen molar-refractivity contribution in [3.8, 4) is 0 Å². The highest BCUT2D eigenvalue weighted by atomic mass is 19.4. The maximum absolute atomic E-state index is 13.9. The topological polar surface area (TPSA) is 61.7 Å². The van der Waals surface area contributed by atoms with Crippen molar-refractivity contribution in [2.75, 3.05) is 6.54 Å². The number of halogens is 3. The normalized spacial score (nSPS) is 20.2. The molecule has 1 aliphatic heterocycles. The number of amides is 1. The first kappa shape index (κ1) is 21.8. The maximum atomic E-state index is 13.9. The smallest absolute Gasteiger partial charge is 0.379 e. The fourth-order valence-corrected chi connectivity index (χ4v) is 3.38. The van der Waals surface area contributed by atoms with Gasteiger partial charge in [0.25, 0.3) is 0 Å². The minimum atomic E-state index is -4.87. The Labute approximate surface area is 173 Å². The number of nitrogens with one attached hydrogen (secondary N) is 1. The molecule has 1 aromatic rings. The number of alkyl halides is 3. The average molecular weight is 416 g/mol. The third-order valence-electron chi connectivity index (χ3n) is 4.97. The highest BCUT2D eigenvalue weighted by Crippen LogP contribution is 2.38. The molecular formula is C23H23F3N2O2. The molecule has 0 saturated carbocycles. The molecule has 4 nitrogen and oxygen atoms in total. The van der Waals surface area contributed by atoms with Crippen molar-refractivity contribution in [2.45, 2.75) is 38.0 Å². The van der Waals surface area contributed by atoms with Crippen LogP contribution in [0.4, 0.5) is 13.2 Å². The molecule has 158 valence electrons. The molecular weight excluding hydrogens is 393 g/mol. The molecule has 0 radical (unpaired) electrons. The maximum Gasteiger partial charge on any atom is 0.419 e. The van der Waals surface area contributed by atoms with E-state index in [4.69, 9.17) is 0 Å². The molecule has 1 unspecified atom stereocenters. The minimum Gasteiger partial charge on any atom is -0.379 e. The largest absolute Gasteiger partial charge is 0.419 e. The number of carbonyl (C=O) groups is 1. The van der Waals surface area contributed by atoms with Crippen LogP contribution in [-0.4, -0.2) is 35.0 Å². The van der Waals surface area contributed by atoms with Gasteiger partial charge in [0.2, 0.25) is 5.91 Å². The second-order valence-electron chi connectivity index (χ2n) is 7.22. The van der Waals surface area contributed by atoms with Gasteiger partial charge < -0.3 is 10.4 Å². The summed E-state index contributed by atoms with van der Waals surface area (Å²) in [5, 5.41) is 13.3. The van der Waals surface area contributed by atoms with E-state index in [2.05, 4.69) is 10.3 Å². The number of hydrogen-bond acceptors (Lipinski definition) is 3. The van der Waals surface area contributed by atoms with E-state index in [1.54, 1.807) is 60.7 Å². The summed E-state index contributed by atoms with van der Waals surface area (Å²) in [6, 6.07) is 8.72. The lowest BCUT2D eigenvalue weighted by molar-refractivity contribution is -0.253. The summed E-state index contributed by atoms with van der Waals surface area (Å²) < 4.78 is 41.7. The van der Waals surface area contributed by atoms with Gasteiger partial charge in [0.15, 0.2) is 5.60 Å². The van der Waals surface area contributed by atoms with Crippen molar-refractivity contribution < 1.29 is 23.1 Å². The third kappa shape index (κ3) is 4.79. The summed E-state index contributed by atoms with van der Waals surface area (Å²) in [5.74, 6) is -0.191. The van der Waals surface area contributed by atoms with Crippen LogP contribution in [0.1, 0.15) is 31.7 Å². The van der Waals surface area contributed by atoms with Gasteiger partial charge in [-0.05, 0) is 29.7 Å². The van der Waals surface area contributed by atoms with Crippen molar-refractivity contribution in [3.63, 3.8) is 0 Å². The zero-order valence-corrected chi connectivity index (χ0v) is 16.5. The van der Waals surface area contributed by atoms with Crippen LogP contribution >= 0.6 is 0 Å². The van der Waals surface area contributed by atoms with Crippen LogP contribution in [0.2, 0.25) is 0 Å². The van der Waals surface area contributed by atoms with Gasteiger partial charge in [-0.15, -0.1) is 0 Å². The Morgan fingerprint density at radius 1 is 1.27 bits per heavy atom. The standard InChI is InChI=1S/C23H23F3N2O2/c1-2-7-17(16-8-4-3-5-9-16)14-22(30,23(24,25)26)15-27-19-10-6-11-20-18(19)12-13-21(29)28-20/h3-12,30H,2,13-15H2,1H3,(H,28,29)/b17-7-,27-19+. The van der Waals surface area contributed by atoms with Crippen LogP contribution in [0.3, 0.4) is 0 Å². The Hall–Kier alpha value is -2.93. The predicted octanol–water partition coefficient (Wildman–Crippen LogP) is 4.50. The molecule has 1 amide bonds. The van der Waals surface area contributed by atoms with E-state index in [1.165, 1.54) is 0 Å². The number of aliphatic imine (C=N–C) groups is 1. The number of rotatable bonds is 6. The third-order valence-corrected chi connectivity index (χ3v) is 4.97. The van der Waals surface area contributed by atoms with Gasteiger partial charge in [-0.25, -0.2) is 0 Å². The van der Waals surface area contributed by atoms with E-state index in [0.29, 0.717) is 34.5 Å². The minimum absolute atomic E-state index is 0.125. The Bertz CT molecular complexity index is 956. The van der Waals surface area contributed by atoms with Crippen LogP contribution in [0.15, 0.2) is 77.0 Å². The molecule has 0 spiro atoms. The van der Waals surface area contributed by atoms with E-state index < -0.39 is 24.7 Å². The Balaban J connectivity index is 1.90. The fraction of sp³-hybridized carbons (Fsp3) is 0.304. The van der Waals surface area contributed by atoms with Gasteiger partial charge in [0.05, 0.1) is 12.3 Å². The number of hydrogen-bond donors (Lipinski definition) is 2. The van der Waals surface area contributed by atoms with Crippen molar-refractivity contribution in [1.29, 1.82) is 0 Å². The predicted molar refractivity (Wildman–Crippen MR) is 111 cm³/mol. The summed E-state index contributed by atoms with van der Waals surface area (Å²) >= 11 is 0.